The van der Waals surface area contributed by atoms with Gasteiger partial charge in [0.15, 0.2) is 0 Å². The first-order valence-electron chi connectivity index (χ1n) is 8.92. The zero-order valence-electron chi connectivity index (χ0n) is 15.3. The first-order chi connectivity index (χ1) is 13.6. The molecule has 2 amide bonds. The average Bonchev–Trinajstić information content (AvgIpc) is 3.11. The molecule has 12 nitrogen and oxygen atoms in total. The number of hydrogen-bond acceptors (Lipinski definition) is 7. The molecule has 0 bridgehead atoms. The summed E-state index contributed by atoms with van der Waals surface area (Å²) in [5, 5.41) is 42.6. The maximum Gasteiger partial charge on any atom is 0.321 e. The highest BCUT2D eigenvalue weighted by Crippen LogP contribution is 2.34. The number of carbonyl (C=O) groups is 5. The first kappa shape index (κ1) is 22.7. The van der Waals surface area contributed by atoms with E-state index < -0.39 is 48.9 Å². The average molecular weight is 433 g/mol. The van der Waals surface area contributed by atoms with Gasteiger partial charge in [0.05, 0.1) is 31.1 Å². The summed E-state index contributed by atoms with van der Waals surface area (Å²) in [7, 11) is 0. The molecule has 0 saturated carbocycles. The third kappa shape index (κ3) is 5.97. The van der Waals surface area contributed by atoms with E-state index in [-0.39, 0.29) is 29.8 Å². The molecule has 2 unspecified atom stereocenters. The Morgan fingerprint density at radius 2 is 1.66 bits per heavy atom. The van der Waals surface area contributed by atoms with Crippen molar-refractivity contribution in [1.82, 2.24) is 15.5 Å². The summed E-state index contributed by atoms with van der Waals surface area (Å²) < 4.78 is 0. The van der Waals surface area contributed by atoms with Crippen molar-refractivity contribution in [2.75, 3.05) is 18.8 Å². The molecule has 2 aliphatic heterocycles. The number of fused-ring (bicyclic) bond motifs is 1. The molecule has 5 atom stereocenters. The van der Waals surface area contributed by atoms with Crippen molar-refractivity contribution in [2.24, 2.45) is 5.92 Å². The highest BCUT2D eigenvalue weighted by Gasteiger charge is 2.43. The number of thioether (sulfide) groups is 1. The largest absolute Gasteiger partial charge is 0.481 e. The molecule has 0 spiro atoms. The molecular formula is C16H23N3O9S. The maximum atomic E-state index is 11.7. The van der Waals surface area contributed by atoms with Crippen molar-refractivity contribution in [3.05, 3.63) is 0 Å². The summed E-state index contributed by atoms with van der Waals surface area (Å²) in [5.41, 5.74) is 0. The van der Waals surface area contributed by atoms with E-state index in [9.17, 15) is 34.2 Å². The molecule has 0 aromatic heterocycles. The summed E-state index contributed by atoms with van der Waals surface area (Å²) in [6, 6.07) is -2.13. The van der Waals surface area contributed by atoms with E-state index in [2.05, 4.69) is 10.6 Å². The van der Waals surface area contributed by atoms with Gasteiger partial charge in [0.2, 0.25) is 0 Å². The summed E-state index contributed by atoms with van der Waals surface area (Å²) in [6.45, 7) is -1.82. The number of carbonyl (C=O) groups excluding carboxylic acids is 1. The summed E-state index contributed by atoms with van der Waals surface area (Å²) in [4.78, 5) is 57.5. The number of urea groups is 1. The molecule has 29 heavy (non-hydrogen) atoms. The Bertz CT molecular complexity index is 673. The smallest absolute Gasteiger partial charge is 0.321 e. The molecule has 13 heteroatoms. The molecule has 0 radical (unpaired) electrons. The van der Waals surface area contributed by atoms with Gasteiger partial charge in [-0.25, -0.2) is 4.79 Å². The van der Waals surface area contributed by atoms with Crippen molar-refractivity contribution >= 4 is 41.7 Å². The SMILES string of the molecule is O=C(O)CN(CC(=O)O)C(C(=O)O)C(CCC[C@@H]1SC[C@@H]2NC(=O)N[C@@H]21)C(=O)O. The second kappa shape index (κ2) is 9.78. The number of rotatable bonds is 12. The van der Waals surface area contributed by atoms with E-state index in [4.69, 9.17) is 10.2 Å². The molecule has 0 aromatic rings. The topological polar surface area (TPSA) is 194 Å². The maximum absolute atomic E-state index is 11.7. The standard InChI is InChI=1S/C16H23N3O9S/c20-10(21)4-19(5-11(22)23)13(15(26)27)7(14(24)25)2-1-3-9-12-8(6-29-9)17-16(28)18-12/h7-9,12-13H,1-6H2,(H,20,21)(H,22,23)(H,24,25)(H,26,27)(H2,17,18,28)/t7?,8-,9-,12-,13?/m0/s1. The minimum absolute atomic E-state index is 0.00108. The van der Waals surface area contributed by atoms with Crippen molar-refractivity contribution in [3.63, 3.8) is 0 Å². The molecule has 2 fully saturated rings. The van der Waals surface area contributed by atoms with E-state index in [0.717, 1.165) is 5.75 Å². The van der Waals surface area contributed by atoms with E-state index in [0.29, 0.717) is 17.7 Å². The van der Waals surface area contributed by atoms with Gasteiger partial charge in [-0.05, 0) is 12.8 Å². The zero-order valence-corrected chi connectivity index (χ0v) is 16.1. The van der Waals surface area contributed by atoms with Gasteiger partial charge in [0.1, 0.15) is 6.04 Å². The molecule has 162 valence electrons. The normalized spacial score (nSPS) is 25.0. The van der Waals surface area contributed by atoms with Crippen molar-refractivity contribution < 1.29 is 44.4 Å². The zero-order chi connectivity index (χ0) is 21.7. The van der Waals surface area contributed by atoms with Gasteiger partial charge in [0, 0.05) is 11.0 Å². The minimum atomic E-state index is -1.79. The van der Waals surface area contributed by atoms with E-state index >= 15 is 0 Å². The molecule has 0 aliphatic carbocycles. The van der Waals surface area contributed by atoms with Crippen LogP contribution in [0.2, 0.25) is 0 Å². The lowest BCUT2D eigenvalue weighted by molar-refractivity contribution is -0.159. The summed E-state index contributed by atoms with van der Waals surface area (Å²) >= 11 is 1.63. The van der Waals surface area contributed by atoms with Crippen LogP contribution in [-0.4, -0.2) is 97.5 Å². The molecule has 2 saturated heterocycles. The molecule has 6 N–H and O–H groups in total. The molecule has 2 aliphatic rings. The van der Waals surface area contributed by atoms with E-state index in [1.54, 1.807) is 11.8 Å². The number of nitrogens with zero attached hydrogens (tertiary/aromatic N) is 1. The lowest BCUT2D eigenvalue weighted by atomic mass is 9.91. The van der Waals surface area contributed by atoms with Crippen LogP contribution in [0.1, 0.15) is 19.3 Å². The Kier molecular flexibility index (Phi) is 7.67. The third-order valence-corrected chi connectivity index (χ3v) is 6.47. The van der Waals surface area contributed by atoms with Crippen LogP contribution >= 0.6 is 11.8 Å². The number of carboxylic acid groups (broad SMARTS) is 4. The Balaban J connectivity index is 2.05. The predicted octanol–water partition coefficient (Wildman–Crippen LogP) is -1.05. The highest BCUT2D eigenvalue weighted by atomic mass is 32.2. The number of aliphatic carboxylic acids is 4. The quantitative estimate of drug-likeness (QED) is 0.206. The van der Waals surface area contributed by atoms with Gasteiger partial charge < -0.3 is 31.1 Å². The fraction of sp³-hybridized carbons (Fsp3) is 0.688. The van der Waals surface area contributed by atoms with Crippen LogP contribution < -0.4 is 10.6 Å². The Labute approximate surface area is 169 Å². The van der Waals surface area contributed by atoms with Gasteiger partial charge in [-0.15, -0.1) is 0 Å². The lowest BCUT2D eigenvalue weighted by Gasteiger charge is -2.30. The minimum Gasteiger partial charge on any atom is -0.481 e. The van der Waals surface area contributed by atoms with Crippen LogP contribution in [0.5, 0.6) is 0 Å². The van der Waals surface area contributed by atoms with Crippen LogP contribution in [0.4, 0.5) is 4.79 Å². The van der Waals surface area contributed by atoms with Crippen LogP contribution in [0.25, 0.3) is 0 Å². The number of carboxylic acids is 4. The number of amides is 2. The monoisotopic (exact) mass is 433 g/mol. The molecule has 2 heterocycles. The van der Waals surface area contributed by atoms with E-state index in [1.165, 1.54) is 0 Å². The summed E-state index contributed by atoms with van der Waals surface area (Å²) in [5.74, 6) is -6.71. The van der Waals surface area contributed by atoms with E-state index in [1.807, 2.05) is 0 Å². The Hall–Kier alpha value is -2.54. The Morgan fingerprint density at radius 3 is 2.17 bits per heavy atom. The fourth-order valence-corrected chi connectivity index (χ4v) is 5.32. The first-order valence-corrected chi connectivity index (χ1v) is 9.97. The van der Waals surface area contributed by atoms with Crippen molar-refractivity contribution in [3.8, 4) is 0 Å². The fourth-order valence-electron chi connectivity index (χ4n) is 3.78. The van der Waals surface area contributed by atoms with Gasteiger partial charge >= 0.3 is 29.9 Å². The van der Waals surface area contributed by atoms with Crippen LogP contribution in [0.15, 0.2) is 0 Å². The molecule has 2 rings (SSSR count). The van der Waals surface area contributed by atoms with Crippen LogP contribution in [0, 0.1) is 5.92 Å². The van der Waals surface area contributed by atoms with Gasteiger partial charge in [-0.2, -0.15) is 11.8 Å². The number of nitrogens with one attached hydrogen (secondary N) is 2. The second-order valence-electron chi connectivity index (χ2n) is 6.97. The van der Waals surface area contributed by atoms with Crippen molar-refractivity contribution in [2.45, 2.75) is 42.6 Å². The highest BCUT2D eigenvalue weighted by molar-refractivity contribution is 8.00. The van der Waals surface area contributed by atoms with Gasteiger partial charge in [-0.3, -0.25) is 24.1 Å². The van der Waals surface area contributed by atoms with Gasteiger partial charge in [-0.1, -0.05) is 6.42 Å². The Morgan fingerprint density at radius 1 is 1.03 bits per heavy atom. The molecular weight excluding hydrogens is 410 g/mol. The third-order valence-electron chi connectivity index (χ3n) is 4.96. The van der Waals surface area contributed by atoms with Gasteiger partial charge in [0.25, 0.3) is 0 Å². The second-order valence-corrected chi connectivity index (χ2v) is 8.25. The lowest BCUT2D eigenvalue weighted by Crippen LogP contribution is -2.52. The van der Waals surface area contributed by atoms with Crippen LogP contribution in [0.3, 0.4) is 0 Å². The van der Waals surface area contributed by atoms with Crippen molar-refractivity contribution in [1.29, 1.82) is 0 Å². The molecule has 0 aromatic carbocycles. The summed E-state index contributed by atoms with van der Waals surface area (Å²) in [6.07, 6.45) is 0.783. The van der Waals surface area contributed by atoms with Crippen LogP contribution in [-0.2, 0) is 19.2 Å². The number of hydrogen-bond donors (Lipinski definition) is 6. The predicted molar refractivity (Wildman–Crippen MR) is 98.7 cm³/mol.